The van der Waals surface area contributed by atoms with Crippen molar-refractivity contribution in [2.24, 2.45) is 5.92 Å². The van der Waals surface area contributed by atoms with Gasteiger partial charge in [0.2, 0.25) is 5.91 Å². The van der Waals surface area contributed by atoms with E-state index in [1.54, 1.807) is 17.9 Å². The second-order valence-electron chi connectivity index (χ2n) is 9.94. The normalized spacial score (nSPS) is 22.1. The molecule has 4 rings (SSSR count). The van der Waals surface area contributed by atoms with Crippen molar-refractivity contribution >= 4 is 23.3 Å². The maximum atomic E-state index is 12.8. The van der Waals surface area contributed by atoms with Crippen LogP contribution in [-0.2, 0) is 20.8 Å². The van der Waals surface area contributed by atoms with Crippen molar-refractivity contribution in [3.8, 4) is 11.5 Å². The van der Waals surface area contributed by atoms with Gasteiger partial charge in [-0.05, 0) is 51.0 Å². The number of ketones is 1. The number of ether oxygens (including phenoxy) is 2. The lowest BCUT2D eigenvalue weighted by molar-refractivity contribution is -0.132. The van der Waals surface area contributed by atoms with E-state index < -0.39 is 5.97 Å². The highest BCUT2D eigenvalue weighted by atomic mass is 16.5. The molecule has 0 spiro atoms. The van der Waals surface area contributed by atoms with Gasteiger partial charge in [0, 0.05) is 56.3 Å². The van der Waals surface area contributed by atoms with Crippen molar-refractivity contribution in [1.29, 1.82) is 0 Å². The molecule has 2 unspecified atom stereocenters. The number of aryl methyl sites for hydroxylation is 1. The van der Waals surface area contributed by atoms with E-state index >= 15 is 0 Å². The van der Waals surface area contributed by atoms with Crippen molar-refractivity contribution in [2.45, 2.75) is 84.3 Å². The molecule has 1 fully saturated rings. The first-order valence-corrected chi connectivity index (χ1v) is 12.6. The fourth-order valence-electron chi connectivity index (χ4n) is 5.78. The first-order valence-electron chi connectivity index (χ1n) is 12.6. The minimum Gasteiger partial charge on any atom is -0.491 e. The number of benzene rings is 2. The molecule has 6 heteroatoms. The van der Waals surface area contributed by atoms with Crippen LogP contribution in [-0.4, -0.2) is 29.8 Å². The molecule has 1 heterocycles. The van der Waals surface area contributed by atoms with Crippen LogP contribution in [0, 0.1) is 5.92 Å². The molecule has 2 aliphatic rings. The predicted octanol–water partition coefficient (Wildman–Crippen LogP) is 5.61. The summed E-state index contributed by atoms with van der Waals surface area (Å²) in [6, 6.07) is 13.9. The van der Waals surface area contributed by atoms with Gasteiger partial charge in [0.05, 0.1) is 11.8 Å². The number of Topliss-reactive ketones (excluding diaryl/α,β-unsaturated/α-hetero) is 1. The number of rotatable bonds is 7. The molecule has 0 aromatic heterocycles. The summed E-state index contributed by atoms with van der Waals surface area (Å²) in [6.07, 6.45) is 4.41. The van der Waals surface area contributed by atoms with Crippen LogP contribution in [0.1, 0.15) is 76.8 Å². The van der Waals surface area contributed by atoms with Gasteiger partial charge in [-0.15, -0.1) is 0 Å². The quantitative estimate of drug-likeness (QED) is 0.383. The Kier molecular flexibility index (Phi) is 7.58. The Hall–Kier alpha value is -3.15. The Morgan fingerprint density at radius 3 is 2.57 bits per heavy atom. The standard InChI is InChI=1S/C29H35NO5/c1-18(9-8-12-22-10-6-5-7-11-22)34-24-16-27-29(28(17-24)35-21(4)32)26-15-23(33)13-14-25(26)19(2)30(27)20(3)31/h5-7,10-11,16-19,25-26H,8-9,12-15H2,1-4H3/t18?,19-,25+,26?/m1/s1. The van der Waals surface area contributed by atoms with E-state index in [0.717, 1.165) is 31.2 Å². The molecular weight excluding hydrogens is 442 g/mol. The number of carbonyl (C=O) groups excluding carboxylic acids is 3. The maximum Gasteiger partial charge on any atom is 0.308 e. The van der Waals surface area contributed by atoms with Crippen LogP contribution in [0.3, 0.4) is 0 Å². The maximum absolute atomic E-state index is 12.8. The van der Waals surface area contributed by atoms with E-state index in [2.05, 4.69) is 12.1 Å². The number of esters is 1. The molecule has 2 aromatic rings. The molecule has 1 saturated carbocycles. The summed E-state index contributed by atoms with van der Waals surface area (Å²) in [5.41, 5.74) is 2.76. The van der Waals surface area contributed by atoms with Crippen LogP contribution in [0.4, 0.5) is 5.69 Å². The fraction of sp³-hybridized carbons (Fsp3) is 0.483. The van der Waals surface area contributed by atoms with Crippen LogP contribution >= 0.6 is 0 Å². The number of fused-ring (bicyclic) bond motifs is 3. The second kappa shape index (κ2) is 10.6. The van der Waals surface area contributed by atoms with E-state index in [-0.39, 0.29) is 35.7 Å². The molecule has 1 aliphatic heterocycles. The number of hydrogen-bond acceptors (Lipinski definition) is 5. The zero-order valence-corrected chi connectivity index (χ0v) is 21.1. The third-order valence-corrected chi connectivity index (χ3v) is 7.32. The molecular formula is C29H35NO5. The SMILES string of the molecule is CC(=O)Oc1cc(OC(C)CCCc2ccccc2)cc2c1C1CC(=O)CC[C@H]1[C@@H](C)N2C(C)=O. The molecule has 0 saturated heterocycles. The summed E-state index contributed by atoms with van der Waals surface area (Å²) in [6.45, 7) is 6.99. The van der Waals surface area contributed by atoms with Gasteiger partial charge in [0.15, 0.2) is 0 Å². The van der Waals surface area contributed by atoms with Crippen LogP contribution < -0.4 is 14.4 Å². The lowest BCUT2D eigenvalue weighted by atomic mass is 9.68. The summed E-state index contributed by atoms with van der Waals surface area (Å²) in [7, 11) is 0. The molecule has 0 N–H and O–H groups in total. The van der Waals surface area contributed by atoms with Crippen molar-refractivity contribution in [1.82, 2.24) is 0 Å². The Balaban J connectivity index is 1.63. The molecule has 35 heavy (non-hydrogen) atoms. The molecule has 1 amide bonds. The summed E-state index contributed by atoms with van der Waals surface area (Å²) in [5.74, 6) is 0.714. The van der Waals surface area contributed by atoms with Gasteiger partial charge in [-0.3, -0.25) is 14.4 Å². The van der Waals surface area contributed by atoms with Gasteiger partial charge < -0.3 is 14.4 Å². The Labute approximate surface area is 207 Å². The van der Waals surface area contributed by atoms with Crippen LogP contribution in [0.2, 0.25) is 0 Å². The molecule has 186 valence electrons. The van der Waals surface area contributed by atoms with Crippen molar-refractivity contribution in [3.63, 3.8) is 0 Å². The number of nitrogens with zero attached hydrogens (tertiary/aromatic N) is 1. The van der Waals surface area contributed by atoms with Crippen molar-refractivity contribution < 1.29 is 23.9 Å². The van der Waals surface area contributed by atoms with Crippen molar-refractivity contribution in [3.05, 3.63) is 53.6 Å². The van der Waals surface area contributed by atoms with Gasteiger partial charge in [0.25, 0.3) is 0 Å². The van der Waals surface area contributed by atoms with Gasteiger partial charge in [-0.25, -0.2) is 0 Å². The minimum absolute atomic E-state index is 0.0539. The zero-order valence-electron chi connectivity index (χ0n) is 21.1. The van der Waals surface area contributed by atoms with Crippen LogP contribution in [0.15, 0.2) is 42.5 Å². The fourth-order valence-corrected chi connectivity index (χ4v) is 5.78. The predicted molar refractivity (Wildman–Crippen MR) is 135 cm³/mol. The average Bonchev–Trinajstić information content (AvgIpc) is 2.79. The van der Waals surface area contributed by atoms with Gasteiger partial charge >= 0.3 is 5.97 Å². The van der Waals surface area contributed by atoms with Gasteiger partial charge in [-0.1, -0.05) is 30.3 Å². The van der Waals surface area contributed by atoms with Gasteiger partial charge in [-0.2, -0.15) is 0 Å². The number of amides is 1. The smallest absolute Gasteiger partial charge is 0.308 e. The Morgan fingerprint density at radius 2 is 1.89 bits per heavy atom. The minimum atomic E-state index is -0.438. The number of carbonyl (C=O) groups is 3. The number of anilines is 1. The van der Waals surface area contributed by atoms with Crippen LogP contribution in [0.5, 0.6) is 11.5 Å². The lowest BCUT2D eigenvalue weighted by Crippen LogP contribution is -2.49. The van der Waals surface area contributed by atoms with E-state index in [9.17, 15) is 14.4 Å². The van der Waals surface area contributed by atoms with E-state index in [4.69, 9.17) is 9.47 Å². The molecule has 4 atom stereocenters. The molecule has 2 aromatic carbocycles. The highest BCUT2D eigenvalue weighted by Gasteiger charge is 2.45. The summed E-state index contributed by atoms with van der Waals surface area (Å²) >= 11 is 0. The Morgan fingerprint density at radius 1 is 1.14 bits per heavy atom. The highest BCUT2D eigenvalue weighted by Crippen LogP contribution is 2.53. The lowest BCUT2D eigenvalue weighted by Gasteiger charge is -2.47. The second-order valence-corrected chi connectivity index (χ2v) is 9.94. The molecule has 1 aliphatic carbocycles. The molecule has 0 radical (unpaired) electrons. The Bertz CT molecular complexity index is 1100. The largest absolute Gasteiger partial charge is 0.491 e. The molecule has 6 nitrogen and oxygen atoms in total. The number of hydrogen-bond donors (Lipinski definition) is 0. The van der Waals surface area contributed by atoms with E-state index in [1.807, 2.05) is 38.1 Å². The van der Waals surface area contributed by atoms with Crippen molar-refractivity contribution in [2.75, 3.05) is 4.90 Å². The van der Waals surface area contributed by atoms with Gasteiger partial charge in [0.1, 0.15) is 17.3 Å². The third-order valence-electron chi connectivity index (χ3n) is 7.32. The summed E-state index contributed by atoms with van der Waals surface area (Å²) in [4.78, 5) is 38.9. The van der Waals surface area contributed by atoms with E-state index in [1.165, 1.54) is 12.5 Å². The molecule has 0 bridgehead atoms. The average molecular weight is 478 g/mol. The first kappa shape index (κ1) is 25.0. The summed E-state index contributed by atoms with van der Waals surface area (Å²) in [5, 5.41) is 0. The summed E-state index contributed by atoms with van der Waals surface area (Å²) < 4.78 is 11.9. The monoisotopic (exact) mass is 477 g/mol. The third kappa shape index (κ3) is 5.58. The highest BCUT2D eigenvalue weighted by molar-refractivity contribution is 5.95. The first-order chi connectivity index (χ1) is 16.7. The van der Waals surface area contributed by atoms with E-state index in [0.29, 0.717) is 30.0 Å². The topological polar surface area (TPSA) is 72.9 Å². The van der Waals surface area contributed by atoms with Crippen LogP contribution in [0.25, 0.3) is 0 Å². The zero-order chi connectivity index (χ0) is 25.1.